The van der Waals surface area contributed by atoms with E-state index in [1.54, 1.807) is 43.5 Å². The monoisotopic (exact) mass is 342 g/mol. The second-order valence-corrected chi connectivity index (χ2v) is 5.85. The summed E-state index contributed by atoms with van der Waals surface area (Å²) in [5.41, 5.74) is 1.51. The summed E-state index contributed by atoms with van der Waals surface area (Å²) in [6.07, 6.45) is 0.787. The molecular weight excluding hydrogens is 323 g/mol. The first-order valence-corrected chi connectivity index (χ1v) is 8.07. The van der Waals surface area contributed by atoms with Crippen molar-refractivity contribution >= 4 is 17.5 Å². The van der Waals surface area contributed by atoms with Gasteiger partial charge in [0.25, 0.3) is 5.91 Å². The molecule has 0 bridgehead atoms. The number of halogens is 1. The fourth-order valence-electron chi connectivity index (χ4n) is 2.84. The minimum atomic E-state index is -0.532. The molecule has 5 nitrogen and oxygen atoms in total. The number of nitrogens with zero attached hydrogens (tertiary/aromatic N) is 1. The minimum Gasteiger partial charge on any atom is -0.497 e. The number of nitrogens with one attached hydrogen (secondary N) is 1. The Kier molecular flexibility index (Phi) is 5.09. The second kappa shape index (κ2) is 7.44. The Balaban J connectivity index is 1.59. The molecule has 1 aliphatic heterocycles. The van der Waals surface area contributed by atoms with Crippen molar-refractivity contribution in [3.8, 4) is 5.75 Å². The summed E-state index contributed by atoms with van der Waals surface area (Å²) in [5.74, 6) is -0.0936. The smallest absolute Gasteiger partial charge is 0.251 e. The zero-order valence-electron chi connectivity index (χ0n) is 13.9. The highest BCUT2D eigenvalue weighted by molar-refractivity contribution is 6.22. The molecule has 130 valence electrons. The number of rotatable bonds is 6. The summed E-state index contributed by atoms with van der Waals surface area (Å²) in [6, 6.07) is 12.5. The second-order valence-electron chi connectivity index (χ2n) is 5.85. The van der Waals surface area contributed by atoms with Crippen LogP contribution in [0.2, 0.25) is 0 Å². The van der Waals surface area contributed by atoms with Gasteiger partial charge >= 0.3 is 0 Å². The van der Waals surface area contributed by atoms with Crippen LogP contribution in [0.1, 0.15) is 12.0 Å². The third kappa shape index (κ3) is 3.85. The predicted molar refractivity (Wildman–Crippen MR) is 92.0 cm³/mol. The average Bonchev–Trinajstić information content (AvgIpc) is 2.90. The predicted octanol–water partition coefficient (Wildman–Crippen LogP) is 2.30. The first-order valence-electron chi connectivity index (χ1n) is 8.07. The average molecular weight is 342 g/mol. The molecule has 0 aromatic heterocycles. The van der Waals surface area contributed by atoms with Gasteiger partial charge in [-0.05, 0) is 54.9 Å². The van der Waals surface area contributed by atoms with Gasteiger partial charge in [-0.15, -0.1) is 0 Å². The van der Waals surface area contributed by atoms with Crippen LogP contribution in [0.5, 0.6) is 5.75 Å². The third-order valence-electron chi connectivity index (χ3n) is 4.19. The van der Waals surface area contributed by atoms with Gasteiger partial charge in [-0.3, -0.25) is 9.59 Å². The zero-order chi connectivity index (χ0) is 17.8. The summed E-state index contributed by atoms with van der Waals surface area (Å²) in [4.78, 5) is 25.9. The van der Waals surface area contributed by atoms with Crippen LogP contribution in [-0.2, 0) is 16.0 Å². The number of hydrogen-bond donors (Lipinski definition) is 1. The third-order valence-corrected chi connectivity index (χ3v) is 4.19. The number of hydrogen-bond acceptors (Lipinski definition) is 4. The molecule has 0 radical (unpaired) electrons. The summed E-state index contributed by atoms with van der Waals surface area (Å²) < 4.78 is 18.0. The number of ether oxygens (including phenoxy) is 1. The lowest BCUT2D eigenvalue weighted by Gasteiger charge is -2.16. The Labute approximate surface area is 145 Å². The molecule has 1 saturated heterocycles. The molecule has 1 fully saturated rings. The summed E-state index contributed by atoms with van der Waals surface area (Å²) >= 11 is 0. The number of methoxy groups -OCH3 is 1. The van der Waals surface area contributed by atoms with Crippen molar-refractivity contribution in [3.05, 3.63) is 59.9 Å². The summed E-state index contributed by atoms with van der Waals surface area (Å²) in [5, 5.41) is 3.12. The van der Waals surface area contributed by atoms with Crippen LogP contribution in [0.15, 0.2) is 48.5 Å². The first-order chi connectivity index (χ1) is 12.1. The maximum Gasteiger partial charge on any atom is 0.251 e. The largest absolute Gasteiger partial charge is 0.497 e. The van der Waals surface area contributed by atoms with Crippen LogP contribution in [0, 0.1) is 5.82 Å². The molecule has 0 spiro atoms. The molecule has 2 aromatic rings. The quantitative estimate of drug-likeness (QED) is 0.819. The fraction of sp³-hybridized carbons (Fsp3) is 0.263. The van der Waals surface area contributed by atoms with E-state index in [0.29, 0.717) is 24.4 Å². The van der Waals surface area contributed by atoms with Crippen molar-refractivity contribution in [1.82, 2.24) is 5.32 Å². The number of benzene rings is 2. The molecule has 0 saturated carbocycles. The lowest BCUT2D eigenvalue weighted by Crippen LogP contribution is -2.39. The van der Waals surface area contributed by atoms with E-state index in [0.717, 1.165) is 5.56 Å². The number of imide groups is 1. The van der Waals surface area contributed by atoms with Crippen molar-refractivity contribution in [2.75, 3.05) is 18.6 Å². The highest BCUT2D eigenvalue weighted by Gasteiger charge is 2.39. The Morgan fingerprint density at radius 1 is 1.12 bits per heavy atom. The molecule has 2 aromatic carbocycles. The molecule has 1 heterocycles. The van der Waals surface area contributed by atoms with Crippen LogP contribution in [-0.4, -0.2) is 31.5 Å². The highest BCUT2D eigenvalue weighted by atomic mass is 19.1. The minimum absolute atomic E-state index is 0.133. The zero-order valence-corrected chi connectivity index (χ0v) is 13.9. The Bertz CT molecular complexity index is 759. The lowest BCUT2D eigenvalue weighted by atomic mass is 10.1. The van der Waals surface area contributed by atoms with Gasteiger partial charge < -0.3 is 10.1 Å². The van der Waals surface area contributed by atoms with E-state index >= 15 is 0 Å². The maximum absolute atomic E-state index is 12.9. The molecule has 6 heteroatoms. The Morgan fingerprint density at radius 3 is 2.44 bits per heavy atom. The van der Waals surface area contributed by atoms with E-state index in [-0.39, 0.29) is 24.1 Å². The van der Waals surface area contributed by atoms with Gasteiger partial charge in [0.2, 0.25) is 5.91 Å². The van der Waals surface area contributed by atoms with Crippen molar-refractivity contribution in [1.29, 1.82) is 0 Å². The van der Waals surface area contributed by atoms with E-state index in [1.807, 2.05) is 0 Å². The number of amides is 2. The molecular formula is C19H19FN2O3. The van der Waals surface area contributed by atoms with Gasteiger partial charge in [0, 0.05) is 0 Å². The van der Waals surface area contributed by atoms with Crippen molar-refractivity contribution < 1.29 is 18.7 Å². The van der Waals surface area contributed by atoms with Gasteiger partial charge in [-0.1, -0.05) is 12.1 Å². The molecule has 0 aliphatic carbocycles. The normalized spacial score (nSPS) is 17.2. The summed E-state index contributed by atoms with van der Waals surface area (Å²) in [7, 11) is 1.56. The number of carbonyl (C=O) groups excluding carboxylic acids is 2. The first kappa shape index (κ1) is 17.1. The van der Waals surface area contributed by atoms with Crippen LogP contribution in [0.4, 0.5) is 10.1 Å². The molecule has 1 atom stereocenters. The number of carbonyl (C=O) groups is 2. The Morgan fingerprint density at radius 2 is 1.80 bits per heavy atom. The van der Waals surface area contributed by atoms with E-state index in [9.17, 15) is 14.0 Å². The van der Waals surface area contributed by atoms with Gasteiger partial charge in [-0.25, -0.2) is 9.29 Å². The van der Waals surface area contributed by atoms with Gasteiger partial charge in [0.05, 0.1) is 25.3 Å². The standard InChI is InChI=1S/C19H19FN2O3/c1-25-16-8-6-15(7-9-16)22-18(23)12-17(19(22)24)21-11-10-13-2-4-14(20)5-3-13/h2-9,17,21H,10-12H2,1H3. The lowest BCUT2D eigenvalue weighted by molar-refractivity contribution is -0.121. The highest BCUT2D eigenvalue weighted by Crippen LogP contribution is 2.25. The maximum atomic E-state index is 12.9. The van der Waals surface area contributed by atoms with Gasteiger partial charge in [-0.2, -0.15) is 0 Å². The van der Waals surface area contributed by atoms with E-state index in [2.05, 4.69) is 5.32 Å². The van der Waals surface area contributed by atoms with Crippen molar-refractivity contribution in [2.45, 2.75) is 18.9 Å². The summed E-state index contributed by atoms with van der Waals surface area (Å²) in [6.45, 7) is 0.534. The SMILES string of the molecule is COc1ccc(N2C(=O)CC(NCCc3ccc(F)cc3)C2=O)cc1. The Hall–Kier alpha value is -2.73. The fourth-order valence-corrected chi connectivity index (χ4v) is 2.84. The molecule has 1 aliphatic rings. The molecule has 1 unspecified atom stereocenters. The van der Waals surface area contributed by atoms with E-state index in [1.165, 1.54) is 17.0 Å². The van der Waals surface area contributed by atoms with Crippen LogP contribution in [0.3, 0.4) is 0 Å². The molecule has 1 N–H and O–H groups in total. The van der Waals surface area contributed by atoms with Crippen molar-refractivity contribution in [2.24, 2.45) is 0 Å². The van der Waals surface area contributed by atoms with Crippen LogP contribution >= 0.6 is 0 Å². The van der Waals surface area contributed by atoms with Crippen molar-refractivity contribution in [3.63, 3.8) is 0 Å². The molecule has 25 heavy (non-hydrogen) atoms. The number of anilines is 1. The van der Waals surface area contributed by atoms with Gasteiger partial charge in [0.15, 0.2) is 0 Å². The topological polar surface area (TPSA) is 58.6 Å². The van der Waals surface area contributed by atoms with Gasteiger partial charge in [0.1, 0.15) is 11.6 Å². The molecule has 3 rings (SSSR count). The van der Waals surface area contributed by atoms with Crippen LogP contribution in [0.25, 0.3) is 0 Å². The van der Waals surface area contributed by atoms with E-state index < -0.39 is 6.04 Å². The molecule has 2 amide bonds. The van der Waals surface area contributed by atoms with Crippen LogP contribution < -0.4 is 15.0 Å². The van der Waals surface area contributed by atoms with E-state index in [4.69, 9.17) is 4.74 Å².